The highest BCUT2D eigenvalue weighted by atomic mass is 19.1. The van der Waals surface area contributed by atoms with Gasteiger partial charge in [0.15, 0.2) is 0 Å². The van der Waals surface area contributed by atoms with Crippen molar-refractivity contribution >= 4 is 16.5 Å². The molecule has 5 rings (SSSR count). The van der Waals surface area contributed by atoms with Crippen molar-refractivity contribution in [3.05, 3.63) is 82.0 Å². The molecule has 0 aliphatic carbocycles. The summed E-state index contributed by atoms with van der Waals surface area (Å²) in [5.41, 5.74) is 1.85. The molecule has 1 aliphatic rings. The minimum absolute atomic E-state index is 0.0452. The Balaban J connectivity index is 1.83. The van der Waals surface area contributed by atoms with Crippen molar-refractivity contribution < 1.29 is 4.39 Å². The number of hydrogen-bond acceptors (Lipinski definition) is 5. The molecule has 0 fully saturated rings. The summed E-state index contributed by atoms with van der Waals surface area (Å²) in [6.45, 7) is 0.526. The smallest absolute Gasteiger partial charge is 0.272 e. The van der Waals surface area contributed by atoms with E-state index in [1.165, 1.54) is 18.5 Å². The highest BCUT2D eigenvalue weighted by Crippen LogP contribution is 2.42. The molecular formula is C19H15FN6O. The molecule has 0 saturated carbocycles. The zero-order valence-electron chi connectivity index (χ0n) is 14.1. The summed E-state index contributed by atoms with van der Waals surface area (Å²) in [6, 6.07) is 12.6. The van der Waals surface area contributed by atoms with E-state index in [9.17, 15) is 9.18 Å². The number of nitrogens with one attached hydrogen (secondary N) is 3. The summed E-state index contributed by atoms with van der Waals surface area (Å²) < 4.78 is 14.1. The molecule has 4 aromatic rings. The molecule has 8 heteroatoms. The van der Waals surface area contributed by atoms with E-state index in [1.54, 1.807) is 0 Å². The lowest BCUT2D eigenvalue weighted by molar-refractivity contribution is 0.589. The molecule has 2 aromatic carbocycles. The second kappa shape index (κ2) is 6.01. The summed E-state index contributed by atoms with van der Waals surface area (Å²) in [5.74, 6) is -0.157. The summed E-state index contributed by atoms with van der Waals surface area (Å²) in [4.78, 5) is 16.6. The van der Waals surface area contributed by atoms with Crippen molar-refractivity contribution in [2.24, 2.45) is 0 Å². The second-order valence-corrected chi connectivity index (χ2v) is 6.56. The number of hydrogen-bond donors (Lipinski definition) is 3. The zero-order valence-corrected chi connectivity index (χ0v) is 14.1. The molecule has 3 heterocycles. The fraction of sp³-hybridized carbons (Fsp3) is 0.158. The van der Waals surface area contributed by atoms with Gasteiger partial charge in [-0.15, -0.1) is 0 Å². The van der Waals surface area contributed by atoms with Crippen LogP contribution in [-0.4, -0.2) is 31.9 Å². The third-order valence-electron chi connectivity index (χ3n) is 5.05. The third kappa shape index (κ3) is 2.49. The van der Waals surface area contributed by atoms with Crippen molar-refractivity contribution in [1.82, 2.24) is 25.4 Å². The number of halogens is 1. The van der Waals surface area contributed by atoms with E-state index >= 15 is 0 Å². The standard InChI is InChI=1S/C19H15FN6O/c20-11-6-12-15-14(7-11)21-8-13(10-4-2-1-3-5-10)16(18-22-9-23-25-18)17(15)24-26-19(12)27/h1-7,9,13,16,21H,8H2,(H,26,27)(H,22,23,25). The first-order chi connectivity index (χ1) is 13.2. The summed E-state index contributed by atoms with van der Waals surface area (Å²) in [7, 11) is 0. The molecule has 0 spiro atoms. The lowest BCUT2D eigenvalue weighted by atomic mass is 9.82. The van der Waals surface area contributed by atoms with Gasteiger partial charge in [-0.2, -0.15) is 10.2 Å². The van der Waals surface area contributed by atoms with Gasteiger partial charge in [-0.3, -0.25) is 9.89 Å². The molecule has 1 aliphatic heterocycles. The van der Waals surface area contributed by atoms with Crippen molar-refractivity contribution in [3.63, 3.8) is 0 Å². The number of anilines is 1. The minimum atomic E-state index is -0.470. The number of rotatable bonds is 2. The van der Waals surface area contributed by atoms with Gasteiger partial charge in [-0.05, 0) is 17.7 Å². The van der Waals surface area contributed by atoms with Crippen LogP contribution < -0.4 is 10.9 Å². The first-order valence-corrected chi connectivity index (χ1v) is 8.58. The van der Waals surface area contributed by atoms with E-state index in [4.69, 9.17) is 0 Å². The number of nitrogens with zero attached hydrogens (tertiary/aromatic N) is 3. The minimum Gasteiger partial charge on any atom is -0.384 e. The van der Waals surface area contributed by atoms with Gasteiger partial charge in [0, 0.05) is 23.5 Å². The molecule has 0 radical (unpaired) electrons. The van der Waals surface area contributed by atoms with E-state index in [0.717, 1.165) is 5.56 Å². The Morgan fingerprint density at radius 1 is 1.11 bits per heavy atom. The van der Waals surface area contributed by atoms with Crippen LogP contribution in [0.1, 0.15) is 28.9 Å². The van der Waals surface area contributed by atoms with Gasteiger partial charge >= 0.3 is 0 Å². The van der Waals surface area contributed by atoms with Crippen LogP contribution in [0.4, 0.5) is 10.1 Å². The van der Waals surface area contributed by atoms with Crippen LogP contribution in [0.25, 0.3) is 10.8 Å². The molecule has 2 aromatic heterocycles. The first-order valence-electron chi connectivity index (χ1n) is 8.58. The lowest BCUT2D eigenvalue weighted by Gasteiger charge is -2.24. The number of aromatic nitrogens is 5. The van der Waals surface area contributed by atoms with Crippen LogP contribution in [0, 0.1) is 5.82 Å². The number of H-pyrrole nitrogens is 2. The molecule has 0 amide bonds. The zero-order chi connectivity index (χ0) is 18.4. The maximum Gasteiger partial charge on any atom is 0.272 e. The van der Waals surface area contributed by atoms with Gasteiger partial charge in [0.1, 0.15) is 18.0 Å². The van der Waals surface area contributed by atoms with E-state index in [2.05, 4.69) is 30.7 Å². The fourth-order valence-corrected chi connectivity index (χ4v) is 3.88. The Labute approximate surface area is 152 Å². The maximum absolute atomic E-state index is 14.1. The van der Waals surface area contributed by atoms with Crippen molar-refractivity contribution in [3.8, 4) is 0 Å². The third-order valence-corrected chi connectivity index (χ3v) is 5.05. The van der Waals surface area contributed by atoms with Crippen LogP contribution in [0.2, 0.25) is 0 Å². The van der Waals surface area contributed by atoms with Crippen LogP contribution >= 0.6 is 0 Å². The monoisotopic (exact) mass is 362 g/mol. The van der Waals surface area contributed by atoms with Gasteiger partial charge in [-0.25, -0.2) is 14.5 Å². The summed E-state index contributed by atoms with van der Waals surface area (Å²) in [6.07, 6.45) is 1.45. The Bertz CT molecular complexity index is 1170. The van der Waals surface area contributed by atoms with Crippen LogP contribution in [0.5, 0.6) is 0 Å². The molecule has 0 bridgehead atoms. The number of aromatic amines is 2. The van der Waals surface area contributed by atoms with E-state index in [0.29, 0.717) is 29.1 Å². The Morgan fingerprint density at radius 3 is 2.74 bits per heavy atom. The fourth-order valence-electron chi connectivity index (χ4n) is 3.88. The quantitative estimate of drug-likeness (QED) is 0.509. The molecule has 7 nitrogen and oxygen atoms in total. The van der Waals surface area contributed by atoms with E-state index in [-0.39, 0.29) is 17.2 Å². The van der Waals surface area contributed by atoms with Crippen LogP contribution in [-0.2, 0) is 0 Å². The molecule has 27 heavy (non-hydrogen) atoms. The predicted octanol–water partition coefficient (Wildman–Crippen LogP) is 2.52. The molecule has 2 atom stereocenters. The van der Waals surface area contributed by atoms with Crippen molar-refractivity contribution in [2.45, 2.75) is 11.8 Å². The second-order valence-electron chi connectivity index (χ2n) is 6.56. The molecular weight excluding hydrogens is 347 g/mol. The van der Waals surface area contributed by atoms with E-state index < -0.39 is 11.4 Å². The van der Waals surface area contributed by atoms with Crippen LogP contribution in [0.15, 0.2) is 53.6 Å². The predicted molar refractivity (Wildman–Crippen MR) is 98.2 cm³/mol. The van der Waals surface area contributed by atoms with E-state index in [1.807, 2.05) is 30.3 Å². The Hall–Kier alpha value is -3.55. The Morgan fingerprint density at radius 2 is 1.96 bits per heavy atom. The van der Waals surface area contributed by atoms with Gasteiger partial charge in [0.05, 0.1) is 17.0 Å². The SMILES string of the molecule is O=c1[nH]nc2c3c(cc(F)cc13)NCC(c1ccccc1)C2c1ncn[nH]1. The van der Waals surface area contributed by atoms with Crippen molar-refractivity contribution in [2.75, 3.05) is 11.9 Å². The largest absolute Gasteiger partial charge is 0.384 e. The molecule has 0 saturated heterocycles. The van der Waals surface area contributed by atoms with Gasteiger partial charge in [-0.1, -0.05) is 30.3 Å². The highest BCUT2D eigenvalue weighted by Gasteiger charge is 2.35. The first kappa shape index (κ1) is 15.7. The number of benzene rings is 2. The maximum atomic E-state index is 14.1. The topological polar surface area (TPSA) is 99.3 Å². The lowest BCUT2D eigenvalue weighted by Crippen LogP contribution is -2.21. The Kier molecular flexibility index (Phi) is 3.49. The normalized spacial score (nSPS) is 18.9. The average molecular weight is 362 g/mol. The van der Waals surface area contributed by atoms with Crippen molar-refractivity contribution in [1.29, 1.82) is 0 Å². The molecule has 3 N–H and O–H groups in total. The van der Waals surface area contributed by atoms with Gasteiger partial charge in [0.2, 0.25) is 0 Å². The van der Waals surface area contributed by atoms with Crippen LogP contribution in [0.3, 0.4) is 0 Å². The molecule has 134 valence electrons. The van der Waals surface area contributed by atoms with Gasteiger partial charge in [0.25, 0.3) is 5.56 Å². The summed E-state index contributed by atoms with van der Waals surface area (Å²) in [5, 5.41) is 18.0. The summed E-state index contributed by atoms with van der Waals surface area (Å²) >= 11 is 0. The average Bonchev–Trinajstić information content (AvgIpc) is 3.16. The van der Waals surface area contributed by atoms with Gasteiger partial charge < -0.3 is 5.32 Å². The molecule has 2 unspecified atom stereocenters. The highest BCUT2D eigenvalue weighted by molar-refractivity contribution is 5.96.